The summed E-state index contributed by atoms with van der Waals surface area (Å²) in [4.78, 5) is 38.8. The number of nitrogen functional groups attached to an aromatic ring is 1. The minimum Gasteiger partial charge on any atom is -0.397 e. The normalized spacial score (nSPS) is 16.2. The molecule has 6 rings (SSSR count). The maximum atomic E-state index is 17.3. The van der Waals surface area contributed by atoms with E-state index in [0.717, 1.165) is 22.4 Å². The van der Waals surface area contributed by atoms with E-state index < -0.39 is 51.0 Å². The van der Waals surface area contributed by atoms with Gasteiger partial charge in [-0.1, -0.05) is 43.6 Å². The fraction of sp³-hybridized carbons (Fsp3) is 0.290. The number of carbonyl (C=O) groups is 1. The van der Waals surface area contributed by atoms with E-state index in [1.807, 2.05) is 13.8 Å². The van der Waals surface area contributed by atoms with Crippen LogP contribution in [0.25, 0.3) is 27.7 Å². The smallest absolute Gasteiger partial charge is 0.354 e. The quantitative estimate of drug-likeness (QED) is 0.150. The molecule has 2 aliphatic heterocycles. The van der Waals surface area contributed by atoms with Crippen molar-refractivity contribution in [2.75, 3.05) is 36.0 Å². The van der Waals surface area contributed by atoms with Crippen LogP contribution in [0.15, 0.2) is 40.7 Å². The Kier molecular flexibility index (Phi) is 8.03. The molecule has 1 amide bonds. The zero-order valence-corrected chi connectivity index (χ0v) is 26.8. The highest BCUT2D eigenvalue weighted by Crippen LogP contribution is 2.49. The first-order valence-electron chi connectivity index (χ1n) is 14.0. The molecule has 1 unspecified atom stereocenters. The third-order valence-electron chi connectivity index (χ3n) is 8.20. The number of halogens is 5. The fourth-order valence-electron chi connectivity index (χ4n) is 6.06. The van der Waals surface area contributed by atoms with E-state index in [9.17, 15) is 9.59 Å². The predicted molar refractivity (Wildman–Crippen MR) is 172 cm³/mol. The van der Waals surface area contributed by atoms with E-state index in [2.05, 4.69) is 16.5 Å². The van der Waals surface area contributed by atoms with Crippen molar-refractivity contribution in [2.45, 2.75) is 37.6 Å². The Labute approximate surface area is 270 Å². The van der Waals surface area contributed by atoms with Gasteiger partial charge in [0.25, 0.3) is 0 Å². The van der Waals surface area contributed by atoms with Crippen molar-refractivity contribution in [3.63, 3.8) is 0 Å². The molecule has 8 nitrogen and oxygen atoms in total. The summed E-state index contributed by atoms with van der Waals surface area (Å²) < 4.78 is 50.9. The van der Waals surface area contributed by atoms with Crippen molar-refractivity contribution >= 4 is 63.3 Å². The number of nitrogens with two attached hydrogens (primary N) is 1. The molecule has 0 radical (unpaired) electrons. The third kappa shape index (κ3) is 4.85. The average molecular weight is 676 g/mol. The first-order valence-corrected chi connectivity index (χ1v) is 15.8. The number of aryl methyl sites for hydroxylation is 1. The van der Waals surface area contributed by atoms with Gasteiger partial charge in [0, 0.05) is 37.1 Å². The van der Waals surface area contributed by atoms with Crippen LogP contribution in [-0.2, 0) is 4.79 Å². The van der Waals surface area contributed by atoms with Crippen LogP contribution in [0.3, 0.4) is 0 Å². The van der Waals surface area contributed by atoms with Gasteiger partial charge in [0.15, 0.2) is 11.6 Å². The molecule has 0 saturated carbocycles. The molecule has 0 aliphatic carbocycles. The van der Waals surface area contributed by atoms with E-state index in [4.69, 9.17) is 28.9 Å². The number of carbonyl (C=O) groups excluding carboxylic acids is 1. The van der Waals surface area contributed by atoms with Crippen molar-refractivity contribution in [3.05, 3.63) is 80.2 Å². The number of rotatable bonds is 4. The summed E-state index contributed by atoms with van der Waals surface area (Å²) in [6.07, 6.45) is 2.80. The number of piperazine rings is 1. The Morgan fingerprint density at radius 2 is 1.89 bits per heavy atom. The van der Waals surface area contributed by atoms with Crippen LogP contribution in [0.1, 0.15) is 31.0 Å². The number of pyridine rings is 1. The zero-order chi connectivity index (χ0) is 32.5. The first kappa shape index (κ1) is 31.3. The van der Waals surface area contributed by atoms with E-state index in [1.54, 1.807) is 29.0 Å². The molecule has 14 heteroatoms. The van der Waals surface area contributed by atoms with Gasteiger partial charge in [-0.05, 0) is 36.6 Å². The standard InChI is InChI=1S/C31H27Cl2F3N6O2S/c1-5-18(43)40-8-9-41-15(11-40)12-45-29-21-28(23(35)19(24(29)36)20-22(34)16(32)10-17(33)25(20)37)42(31(44)39-30(21)41)27-14(4)6-7-38-26(27)13(2)3/h5-7,10,13,15H,1,8-9,11-12,37H2,2-4H3. The summed E-state index contributed by atoms with van der Waals surface area (Å²) in [5.41, 5.74) is 4.44. The Hall–Kier alpha value is -3.74. The van der Waals surface area contributed by atoms with Gasteiger partial charge in [0.05, 0.1) is 54.5 Å². The lowest BCUT2D eigenvalue weighted by molar-refractivity contribution is -0.126. The van der Waals surface area contributed by atoms with Gasteiger partial charge < -0.3 is 15.5 Å². The van der Waals surface area contributed by atoms with Crippen LogP contribution in [0.4, 0.5) is 24.7 Å². The highest BCUT2D eigenvalue weighted by Gasteiger charge is 2.39. The van der Waals surface area contributed by atoms with Crippen molar-refractivity contribution in [1.29, 1.82) is 0 Å². The van der Waals surface area contributed by atoms with Crippen molar-refractivity contribution < 1.29 is 18.0 Å². The second kappa shape index (κ2) is 11.6. The van der Waals surface area contributed by atoms with E-state index in [0.29, 0.717) is 11.3 Å². The van der Waals surface area contributed by atoms with Crippen molar-refractivity contribution in [2.24, 2.45) is 0 Å². The largest absolute Gasteiger partial charge is 0.397 e. The van der Waals surface area contributed by atoms with Gasteiger partial charge in [0.1, 0.15) is 11.6 Å². The Balaban J connectivity index is 1.78. The molecule has 0 bridgehead atoms. The summed E-state index contributed by atoms with van der Waals surface area (Å²) in [5, 5.41) is -0.644. The minimum atomic E-state index is -1.24. The fourth-order valence-corrected chi connectivity index (χ4v) is 7.73. The Morgan fingerprint density at radius 3 is 2.58 bits per heavy atom. The summed E-state index contributed by atoms with van der Waals surface area (Å²) >= 11 is 13.3. The second-order valence-corrected chi connectivity index (χ2v) is 13.1. The number of hydrogen-bond donors (Lipinski definition) is 1. The number of nitrogens with zero attached hydrogens (tertiary/aromatic N) is 5. The number of benzene rings is 2. The van der Waals surface area contributed by atoms with Crippen LogP contribution in [0.2, 0.25) is 10.0 Å². The predicted octanol–water partition coefficient (Wildman–Crippen LogP) is 6.49. The highest BCUT2D eigenvalue weighted by atomic mass is 35.5. The SMILES string of the molecule is C=CC(=O)N1CCN2c3nc(=O)n(-c4c(C)ccnc4C(C)C)c4c(F)c(-c5c(N)c(Cl)cc(Cl)c5F)c(F)c(c34)SCC2C1. The number of thioether (sulfide) groups is 1. The summed E-state index contributed by atoms with van der Waals surface area (Å²) in [5.74, 6) is -3.68. The molecule has 2 aromatic heterocycles. The number of fused-ring (bicyclic) bond motifs is 2. The lowest BCUT2D eigenvalue weighted by Crippen LogP contribution is -2.56. The maximum absolute atomic E-state index is 17.3. The summed E-state index contributed by atoms with van der Waals surface area (Å²) in [7, 11) is 0. The Morgan fingerprint density at radius 1 is 1.16 bits per heavy atom. The molecular formula is C31H27Cl2F3N6O2S. The number of aromatic nitrogens is 3. The van der Waals surface area contributed by atoms with Gasteiger partial charge in [-0.3, -0.25) is 14.3 Å². The molecule has 234 valence electrons. The van der Waals surface area contributed by atoms with Crippen LogP contribution < -0.4 is 16.3 Å². The summed E-state index contributed by atoms with van der Waals surface area (Å²) in [6.45, 7) is 9.80. The topological polar surface area (TPSA) is 97.4 Å². The van der Waals surface area contributed by atoms with Crippen LogP contribution in [0, 0.1) is 24.4 Å². The number of anilines is 2. The zero-order valence-electron chi connectivity index (χ0n) is 24.4. The van der Waals surface area contributed by atoms with Gasteiger partial charge in [-0.2, -0.15) is 4.98 Å². The number of hydrogen-bond acceptors (Lipinski definition) is 7. The molecule has 2 N–H and O–H groups in total. The molecule has 1 fully saturated rings. The van der Waals surface area contributed by atoms with Gasteiger partial charge in [-0.25, -0.2) is 18.0 Å². The molecule has 45 heavy (non-hydrogen) atoms. The third-order valence-corrected chi connectivity index (χ3v) is 10.0. The molecule has 4 heterocycles. The molecular weight excluding hydrogens is 648 g/mol. The molecule has 1 atom stereocenters. The minimum absolute atomic E-state index is 0.0365. The van der Waals surface area contributed by atoms with Crippen molar-refractivity contribution in [1.82, 2.24) is 19.4 Å². The van der Waals surface area contributed by atoms with E-state index >= 15 is 13.2 Å². The second-order valence-electron chi connectivity index (χ2n) is 11.2. The lowest BCUT2D eigenvalue weighted by atomic mass is 9.98. The monoisotopic (exact) mass is 674 g/mol. The summed E-state index contributed by atoms with van der Waals surface area (Å²) in [6, 6.07) is 2.31. The van der Waals surface area contributed by atoms with Crippen LogP contribution in [0.5, 0.6) is 0 Å². The average Bonchev–Trinajstić information content (AvgIpc) is 3.16. The van der Waals surface area contributed by atoms with Gasteiger partial charge >= 0.3 is 5.69 Å². The number of amides is 1. The molecule has 2 aromatic carbocycles. The highest BCUT2D eigenvalue weighted by molar-refractivity contribution is 7.99. The van der Waals surface area contributed by atoms with Gasteiger partial charge in [-0.15, -0.1) is 11.8 Å². The van der Waals surface area contributed by atoms with Crippen LogP contribution >= 0.6 is 35.0 Å². The van der Waals surface area contributed by atoms with E-state index in [1.165, 1.54) is 6.08 Å². The molecule has 2 aliphatic rings. The maximum Gasteiger partial charge on any atom is 0.354 e. The van der Waals surface area contributed by atoms with Crippen molar-refractivity contribution in [3.8, 4) is 16.8 Å². The molecule has 1 saturated heterocycles. The first-order chi connectivity index (χ1) is 21.4. The van der Waals surface area contributed by atoms with Crippen LogP contribution in [-0.4, -0.2) is 56.8 Å². The van der Waals surface area contributed by atoms with E-state index in [-0.39, 0.29) is 69.5 Å². The Bertz CT molecular complexity index is 1980. The van der Waals surface area contributed by atoms with Gasteiger partial charge in [0.2, 0.25) is 5.91 Å². The lowest BCUT2D eigenvalue weighted by Gasteiger charge is -2.41. The molecule has 4 aromatic rings. The molecule has 0 spiro atoms.